The number of carbonyl (C=O) groups excluding carboxylic acids is 1. The molecule has 1 aliphatic heterocycles. The Morgan fingerprint density at radius 2 is 1.81 bits per heavy atom. The average Bonchev–Trinajstić information content (AvgIpc) is 3.11. The number of hydrogen-bond acceptors (Lipinski definition) is 4. The van der Waals surface area contributed by atoms with Gasteiger partial charge in [0, 0.05) is 17.6 Å². The van der Waals surface area contributed by atoms with Crippen LogP contribution in [-0.2, 0) is 4.79 Å². The maximum Gasteiger partial charge on any atom is 0.270 e. The Hall–Kier alpha value is -2.70. The van der Waals surface area contributed by atoms with Gasteiger partial charge in [0.2, 0.25) is 0 Å². The minimum atomic E-state index is -0.0811. The summed E-state index contributed by atoms with van der Waals surface area (Å²) in [6, 6.07) is 15.5. The zero-order valence-corrected chi connectivity index (χ0v) is 16.6. The van der Waals surface area contributed by atoms with Crippen LogP contribution in [0, 0.1) is 13.8 Å². The van der Waals surface area contributed by atoms with Gasteiger partial charge in [-0.3, -0.25) is 14.7 Å². The first-order valence-electron chi connectivity index (χ1n) is 8.48. The number of thioether (sulfide) groups is 1. The molecule has 0 radical (unpaired) electrons. The zero-order valence-electron chi connectivity index (χ0n) is 14.9. The van der Waals surface area contributed by atoms with Gasteiger partial charge in [-0.2, -0.15) is 0 Å². The highest BCUT2D eigenvalue weighted by molar-refractivity contribution is 8.27. The van der Waals surface area contributed by atoms with Crippen molar-refractivity contribution in [1.82, 2.24) is 9.55 Å². The van der Waals surface area contributed by atoms with Gasteiger partial charge in [-0.25, -0.2) is 0 Å². The first-order chi connectivity index (χ1) is 13.1. The normalized spacial score (nSPS) is 15.8. The monoisotopic (exact) mass is 391 g/mol. The summed E-state index contributed by atoms with van der Waals surface area (Å²) in [6.07, 6.45) is 5.52. The van der Waals surface area contributed by atoms with Crippen LogP contribution in [-0.4, -0.2) is 19.8 Å². The fourth-order valence-electron chi connectivity index (χ4n) is 3.23. The van der Waals surface area contributed by atoms with Crippen LogP contribution in [0.5, 0.6) is 0 Å². The third kappa shape index (κ3) is 3.22. The maximum absolute atomic E-state index is 12.9. The van der Waals surface area contributed by atoms with Gasteiger partial charge < -0.3 is 4.57 Å². The number of pyridine rings is 1. The number of hydrogen-bond donors (Lipinski definition) is 0. The zero-order chi connectivity index (χ0) is 19.0. The summed E-state index contributed by atoms with van der Waals surface area (Å²) in [5, 5.41) is 0. The highest BCUT2D eigenvalue weighted by Crippen LogP contribution is 2.36. The number of anilines is 1. The lowest BCUT2D eigenvalue weighted by atomic mass is 10.2. The van der Waals surface area contributed by atoms with E-state index in [2.05, 4.69) is 15.6 Å². The van der Waals surface area contributed by atoms with Crippen molar-refractivity contribution in [3.05, 3.63) is 82.8 Å². The summed E-state index contributed by atoms with van der Waals surface area (Å²) in [4.78, 5) is 19.4. The van der Waals surface area contributed by atoms with Gasteiger partial charge in [-0.05, 0) is 55.8 Å². The molecular formula is C21H17N3OS2. The highest BCUT2D eigenvalue weighted by atomic mass is 32.2. The van der Waals surface area contributed by atoms with Crippen molar-refractivity contribution < 1.29 is 4.79 Å². The van der Waals surface area contributed by atoms with Crippen LogP contribution >= 0.6 is 24.0 Å². The second-order valence-corrected chi connectivity index (χ2v) is 7.90. The Bertz CT molecular complexity index is 1060. The van der Waals surface area contributed by atoms with Crippen LogP contribution < -0.4 is 4.90 Å². The SMILES string of the molecule is Cc1cc(/C=C2\SC(=S)N(c3ccccc3)C2=O)c(C)n1-c1cccnc1. The van der Waals surface area contributed by atoms with Crippen LogP contribution in [0.15, 0.2) is 65.8 Å². The van der Waals surface area contributed by atoms with Gasteiger partial charge in [0.1, 0.15) is 0 Å². The second-order valence-electron chi connectivity index (χ2n) is 6.23. The molecule has 1 fully saturated rings. The number of aromatic nitrogens is 2. The number of para-hydroxylation sites is 1. The number of nitrogens with zero attached hydrogens (tertiary/aromatic N) is 3. The second kappa shape index (κ2) is 7.13. The van der Waals surface area contributed by atoms with E-state index in [1.807, 2.05) is 68.6 Å². The summed E-state index contributed by atoms with van der Waals surface area (Å²) in [5.41, 5.74) is 4.95. The van der Waals surface area contributed by atoms with Crippen molar-refractivity contribution >= 4 is 46.0 Å². The van der Waals surface area contributed by atoms with E-state index in [4.69, 9.17) is 12.2 Å². The fourth-order valence-corrected chi connectivity index (χ4v) is 4.52. The van der Waals surface area contributed by atoms with E-state index in [0.29, 0.717) is 9.23 Å². The molecule has 1 saturated heterocycles. The molecule has 0 unspecified atom stereocenters. The van der Waals surface area contributed by atoms with E-state index >= 15 is 0 Å². The van der Waals surface area contributed by atoms with E-state index in [-0.39, 0.29) is 5.91 Å². The first kappa shape index (κ1) is 17.7. The molecule has 6 heteroatoms. The third-order valence-electron chi connectivity index (χ3n) is 4.47. The Labute approximate surface area is 167 Å². The quantitative estimate of drug-likeness (QED) is 0.470. The molecule has 0 spiro atoms. The smallest absolute Gasteiger partial charge is 0.270 e. The number of carbonyl (C=O) groups is 1. The van der Waals surface area contributed by atoms with Crippen molar-refractivity contribution in [3.63, 3.8) is 0 Å². The van der Waals surface area contributed by atoms with Gasteiger partial charge in [0.05, 0.1) is 22.5 Å². The van der Waals surface area contributed by atoms with Crippen LogP contribution in [0.25, 0.3) is 11.8 Å². The van der Waals surface area contributed by atoms with Gasteiger partial charge in [0.25, 0.3) is 5.91 Å². The maximum atomic E-state index is 12.9. The van der Waals surface area contributed by atoms with Crippen molar-refractivity contribution in [2.24, 2.45) is 0 Å². The molecule has 134 valence electrons. The lowest BCUT2D eigenvalue weighted by Crippen LogP contribution is -2.27. The molecule has 3 heterocycles. The lowest BCUT2D eigenvalue weighted by molar-refractivity contribution is -0.113. The minimum absolute atomic E-state index is 0.0811. The number of rotatable bonds is 3. The molecule has 0 saturated carbocycles. The van der Waals surface area contributed by atoms with Gasteiger partial charge >= 0.3 is 0 Å². The molecule has 0 bridgehead atoms. The van der Waals surface area contributed by atoms with E-state index in [1.54, 1.807) is 11.1 Å². The van der Waals surface area contributed by atoms with Crippen LogP contribution in [0.2, 0.25) is 0 Å². The first-order valence-corrected chi connectivity index (χ1v) is 9.71. The van der Waals surface area contributed by atoms with Crippen molar-refractivity contribution in [3.8, 4) is 5.69 Å². The molecule has 1 aliphatic rings. The molecule has 0 N–H and O–H groups in total. The molecule has 3 aromatic rings. The fraction of sp³-hybridized carbons (Fsp3) is 0.0952. The Balaban J connectivity index is 1.71. The summed E-state index contributed by atoms with van der Waals surface area (Å²) < 4.78 is 2.69. The molecule has 1 aromatic carbocycles. The van der Waals surface area contributed by atoms with E-state index in [0.717, 1.165) is 28.3 Å². The number of amides is 1. The van der Waals surface area contributed by atoms with Crippen molar-refractivity contribution in [2.75, 3.05) is 4.90 Å². The van der Waals surface area contributed by atoms with Gasteiger partial charge in [0.15, 0.2) is 4.32 Å². The minimum Gasteiger partial charge on any atom is -0.316 e. The molecule has 27 heavy (non-hydrogen) atoms. The third-order valence-corrected chi connectivity index (χ3v) is 5.77. The molecule has 0 aliphatic carbocycles. The van der Waals surface area contributed by atoms with Crippen LogP contribution in [0.3, 0.4) is 0 Å². The molecule has 2 aromatic heterocycles. The van der Waals surface area contributed by atoms with Crippen molar-refractivity contribution in [1.29, 1.82) is 0 Å². The summed E-state index contributed by atoms with van der Waals surface area (Å²) in [5.74, 6) is -0.0811. The van der Waals surface area contributed by atoms with Gasteiger partial charge in [-0.1, -0.05) is 42.2 Å². The van der Waals surface area contributed by atoms with Gasteiger partial charge in [-0.15, -0.1) is 0 Å². The summed E-state index contributed by atoms with van der Waals surface area (Å²) in [7, 11) is 0. The lowest BCUT2D eigenvalue weighted by Gasteiger charge is -2.13. The predicted octanol–water partition coefficient (Wildman–Crippen LogP) is 4.89. The van der Waals surface area contributed by atoms with E-state index in [9.17, 15) is 4.79 Å². The number of aryl methyl sites for hydroxylation is 1. The molecule has 0 atom stereocenters. The molecular weight excluding hydrogens is 374 g/mol. The van der Waals surface area contributed by atoms with Crippen LogP contribution in [0.4, 0.5) is 5.69 Å². The summed E-state index contributed by atoms with van der Waals surface area (Å²) in [6.45, 7) is 4.09. The Morgan fingerprint density at radius 1 is 1.07 bits per heavy atom. The Kier molecular flexibility index (Phi) is 4.68. The van der Waals surface area contributed by atoms with Crippen LogP contribution in [0.1, 0.15) is 17.0 Å². The molecule has 4 nitrogen and oxygen atoms in total. The van der Waals surface area contributed by atoms with E-state index in [1.165, 1.54) is 11.8 Å². The summed E-state index contributed by atoms with van der Waals surface area (Å²) >= 11 is 6.79. The molecule has 4 rings (SSSR count). The Morgan fingerprint density at radius 3 is 2.52 bits per heavy atom. The topological polar surface area (TPSA) is 38.1 Å². The standard InChI is InChI=1S/C21H17N3OS2/c1-14-11-16(15(2)23(14)18-9-6-10-22-13-18)12-19-20(25)24(21(26)27-19)17-7-4-3-5-8-17/h3-13H,1-2H3/b19-12-. The number of thiocarbonyl (C=S) groups is 1. The van der Waals surface area contributed by atoms with Crippen molar-refractivity contribution in [2.45, 2.75) is 13.8 Å². The molecule has 1 amide bonds. The predicted molar refractivity (Wildman–Crippen MR) is 115 cm³/mol. The largest absolute Gasteiger partial charge is 0.316 e. The number of benzene rings is 1. The average molecular weight is 392 g/mol. The van der Waals surface area contributed by atoms with E-state index < -0.39 is 0 Å². The highest BCUT2D eigenvalue weighted by Gasteiger charge is 2.33.